The van der Waals surface area contributed by atoms with E-state index in [9.17, 15) is 9.18 Å². The lowest BCUT2D eigenvalue weighted by molar-refractivity contribution is 0.0497. The summed E-state index contributed by atoms with van der Waals surface area (Å²) >= 11 is 0. The Morgan fingerprint density at radius 1 is 1.43 bits per heavy atom. The van der Waals surface area contributed by atoms with Crippen LogP contribution in [0.5, 0.6) is 5.88 Å². The minimum absolute atomic E-state index is 0.0593. The van der Waals surface area contributed by atoms with Crippen LogP contribution in [-0.2, 0) is 4.74 Å². The van der Waals surface area contributed by atoms with Crippen molar-refractivity contribution in [3.63, 3.8) is 0 Å². The van der Waals surface area contributed by atoms with Gasteiger partial charge >= 0.3 is 5.97 Å². The summed E-state index contributed by atoms with van der Waals surface area (Å²) in [6.07, 6.45) is 2.25. The van der Waals surface area contributed by atoms with Gasteiger partial charge in [0.15, 0.2) is 5.69 Å². The molecule has 0 unspecified atom stereocenters. The number of fused-ring (bicyclic) bond motifs is 1. The van der Waals surface area contributed by atoms with Gasteiger partial charge in [-0.1, -0.05) is 19.6 Å². The van der Waals surface area contributed by atoms with Crippen LogP contribution >= 0.6 is 0 Å². The van der Waals surface area contributed by atoms with Crippen LogP contribution in [0.15, 0.2) is 24.8 Å². The van der Waals surface area contributed by atoms with Gasteiger partial charge < -0.3 is 9.47 Å². The molecule has 5 heteroatoms. The number of rotatable bonds is 5. The van der Waals surface area contributed by atoms with E-state index in [0.29, 0.717) is 24.0 Å². The van der Waals surface area contributed by atoms with Gasteiger partial charge in [0, 0.05) is 0 Å². The van der Waals surface area contributed by atoms with Gasteiger partial charge in [-0.2, -0.15) is 0 Å². The number of carbonyl (C=O) groups is 1. The third-order valence-corrected chi connectivity index (χ3v) is 2.95. The number of nitrogens with zero attached hydrogens (tertiary/aromatic N) is 1. The van der Waals surface area contributed by atoms with Crippen molar-refractivity contribution in [3.8, 4) is 5.88 Å². The molecule has 0 atom stereocenters. The molecule has 0 fully saturated rings. The summed E-state index contributed by atoms with van der Waals surface area (Å²) < 4.78 is 24.3. The number of hydrogen-bond donors (Lipinski definition) is 0. The van der Waals surface area contributed by atoms with E-state index in [1.807, 2.05) is 6.92 Å². The maximum Gasteiger partial charge on any atom is 0.357 e. The highest BCUT2D eigenvalue weighted by Crippen LogP contribution is 2.29. The van der Waals surface area contributed by atoms with Crippen LogP contribution in [0.2, 0.25) is 0 Å². The Hall–Kier alpha value is -2.43. The quantitative estimate of drug-likeness (QED) is 0.789. The minimum Gasteiger partial charge on any atom is -0.480 e. The maximum atomic E-state index is 14.1. The van der Waals surface area contributed by atoms with Crippen LogP contribution in [0.25, 0.3) is 16.8 Å². The Morgan fingerprint density at radius 2 is 2.19 bits per heavy atom. The molecule has 21 heavy (non-hydrogen) atoms. The molecule has 0 saturated carbocycles. The van der Waals surface area contributed by atoms with E-state index in [-0.39, 0.29) is 17.0 Å². The number of aromatic nitrogens is 1. The average molecular weight is 289 g/mol. The lowest BCUT2D eigenvalue weighted by Crippen LogP contribution is -2.09. The van der Waals surface area contributed by atoms with Crippen LogP contribution in [-0.4, -0.2) is 24.7 Å². The monoisotopic (exact) mass is 289 g/mol. The van der Waals surface area contributed by atoms with E-state index >= 15 is 0 Å². The van der Waals surface area contributed by atoms with Crippen LogP contribution in [0, 0.1) is 5.82 Å². The largest absolute Gasteiger partial charge is 0.480 e. The summed E-state index contributed by atoms with van der Waals surface area (Å²) in [5.41, 5.74) is 0.703. The zero-order chi connectivity index (χ0) is 15.4. The number of halogens is 1. The molecule has 2 aromatic rings. The molecule has 0 aliphatic heterocycles. The highest BCUT2D eigenvalue weighted by Gasteiger charge is 2.16. The lowest BCUT2D eigenvalue weighted by Gasteiger charge is -2.09. The normalized spacial score (nSPS) is 10.4. The Kier molecular flexibility index (Phi) is 4.52. The third-order valence-electron chi connectivity index (χ3n) is 2.95. The van der Waals surface area contributed by atoms with E-state index in [0.717, 1.165) is 0 Å². The molecule has 2 rings (SSSR count). The third kappa shape index (κ3) is 3.02. The highest BCUT2D eigenvalue weighted by atomic mass is 19.1. The van der Waals surface area contributed by atoms with Gasteiger partial charge in [0.2, 0.25) is 5.88 Å². The van der Waals surface area contributed by atoms with Gasteiger partial charge in [-0.3, -0.25) is 0 Å². The second kappa shape index (κ2) is 6.35. The van der Waals surface area contributed by atoms with Gasteiger partial charge in [0.25, 0.3) is 0 Å². The molecule has 0 saturated heterocycles. The molecule has 0 amide bonds. The first-order valence-corrected chi connectivity index (χ1v) is 6.58. The Morgan fingerprint density at radius 3 is 2.81 bits per heavy atom. The number of pyridine rings is 1. The number of carbonyl (C=O) groups excluding carboxylic acids is 1. The number of methoxy groups -OCH3 is 1. The van der Waals surface area contributed by atoms with Crippen molar-refractivity contribution in [1.82, 2.24) is 4.98 Å². The number of hydrogen-bond acceptors (Lipinski definition) is 4. The van der Waals surface area contributed by atoms with Crippen molar-refractivity contribution < 1.29 is 18.7 Å². The minimum atomic E-state index is -0.554. The molecular weight excluding hydrogens is 273 g/mol. The molecule has 1 aromatic heterocycles. The van der Waals surface area contributed by atoms with Gasteiger partial charge in [-0.05, 0) is 35.6 Å². The highest BCUT2D eigenvalue weighted by molar-refractivity contribution is 5.96. The number of benzene rings is 1. The van der Waals surface area contributed by atoms with Crippen LogP contribution < -0.4 is 4.74 Å². The van der Waals surface area contributed by atoms with Crippen molar-refractivity contribution in [3.05, 3.63) is 41.9 Å². The fourth-order valence-electron chi connectivity index (χ4n) is 1.97. The van der Waals surface area contributed by atoms with E-state index in [2.05, 4.69) is 11.6 Å². The predicted octanol–water partition coefficient (Wildman–Crippen LogP) is 3.59. The molecule has 0 aliphatic carbocycles. The fourth-order valence-corrected chi connectivity index (χ4v) is 1.97. The lowest BCUT2D eigenvalue weighted by atomic mass is 10.1. The average Bonchev–Trinajstić information content (AvgIpc) is 2.50. The van der Waals surface area contributed by atoms with E-state index < -0.39 is 11.8 Å². The van der Waals surface area contributed by atoms with Crippen molar-refractivity contribution in [1.29, 1.82) is 0 Å². The molecular formula is C16H16FNO3. The molecule has 0 spiro atoms. The Bertz CT molecular complexity index is 697. The molecule has 0 bridgehead atoms. The van der Waals surface area contributed by atoms with Crippen LogP contribution in [0.3, 0.4) is 0 Å². The molecule has 1 aromatic carbocycles. The second-order valence-electron chi connectivity index (χ2n) is 4.46. The summed E-state index contributed by atoms with van der Waals surface area (Å²) in [5.74, 6) is -0.967. The van der Waals surface area contributed by atoms with Crippen LogP contribution in [0.1, 0.15) is 29.4 Å². The molecule has 110 valence electrons. The molecule has 0 radical (unpaired) electrons. The second-order valence-corrected chi connectivity index (χ2v) is 4.46. The molecule has 0 aliphatic rings. The summed E-state index contributed by atoms with van der Waals surface area (Å²) in [5, 5.41) is 0.746. The van der Waals surface area contributed by atoms with E-state index in [4.69, 9.17) is 9.47 Å². The van der Waals surface area contributed by atoms with Gasteiger partial charge in [0.1, 0.15) is 5.82 Å². The summed E-state index contributed by atoms with van der Waals surface area (Å²) in [7, 11) is 1.38. The number of esters is 1. The number of ether oxygens (including phenoxy) is 2. The first kappa shape index (κ1) is 15.0. The van der Waals surface area contributed by atoms with Crippen molar-refractivity contribution in [2.45, 2.75) is 13.3 Å². The van der Waals surface area contributed by atoms with Gasteiger partial charge in [0.05, 0.1) is 19.1 Å². The molecule has 0 N–H and O–H groups in total. The van der Waals surface area contributed by atoms with Gasteiger partial charge in [-0.15, -0.1) is 0 Å². The summed E-state index contributed by atoms with van der Waals surface area (Å²) in [6, 6.07) is 4.55. The summed E-state index contributed by atoms with van der Waals surface area (Å²) in [4.78, 5) is 15.9. The smallest absolute Gasteiger partial charge is 0.357 e. The van der Waals surface area contributed by atoms with Crippen molar-refractivity contribution >= 4 is 22.8 Å². The van der Waals surface area contributed by atoms with Crippen molar-refractivity contribution in [2.75, 3.05) is 13.7 Å². The summed E-state index contributed by atoms with van der Waals surface area (Å²) in [6.45, 7) is 5.82. The zero-order valence-corrected chi connectivity index (χ0v) is 12.0. The van der Waals surface area contributed by atoms with Crippen molar-refractivity contribution in [2.24, 2.45) is 0 Å². The van der Waals surface area contributed by atoms with Crippen LogP contribution in [0.4, 0.5) is 4.39 Å². The SMILES string of the molecule is C=Cc1cc(F)c2c(OC)nc(C(=O)OCCC)cc2c1. The van der Waals surface area contributed by atoms with E-state index in [1.54, 1.807) is 6.07 Å². The topological polar surface area (TPSA) is 48.4 Å². The predicted molar refractivity (Wildman–Crippen MR) is 78.9 cm³/mol. The Balaban J connectivity index is 2.60. The standard InChI is InChI=1S/C16H16FNO3/c1-4-6-21-16(19)13-9-11-7-10(5-2)8-12(17)14(11)15(18-13)20-3/h5,7-9H,2,4,6H2,1,3H3. The first-order chi connectivity index (χ1) is 10.1. The first-order valence-electron chi connectivity index (χ1n) is 6.58. The fraction of sp³-hybridized carbons (Fsp3) is 0.250. The van der Waals surface area contributed by atoms with Gasteiger partial charge in [-0.25, -0.2) is 14.2 Å². The molecule has 4 nitrogen and oxygen atoms in total. The zero-order valence-electron chi connectivity index (χ0n) is 12.0. The van der Waals surface area contributed by atoms with E-state index in [1.165, 1.54) is 25.3 Å². The maximum absolute atomic E-state index is 14.1. The molecule has 1 heterocycles. The Labute approximate surface area is 122 Å².